The van der Waals surface area contributed by atoms with Gasteiger partial charge in [-0.05, 0) is 33.7 Å². The lowest BCUT2D eigenvalue weighted by Gasteiger charge is -2.42. The summed E-state index contributed by atoms with van der Waals surface area (Å²) in [4.78, 5) is 24.9. The summed E-state index contributed by atoms with van der Waals surface area (Å²) in [5.74, 6) is -3.88. The van der Waals surface area contributed by atoms with Gasteiger partial charge < -0.3 is 16.0 Å². The van der Waals surface area contributed by atoms with E-state index >= 15 is 0 Å². The van der Waals surface area contributed by atoms with Crippen molar-refractivity contribution in [2.45, 2.75) is 51.7 Å². The highest BCUT2D eigenvalue weighted by Crippen LogP contribution is 2.32. The fraction of sp³-hybridized carbons (Fsp3) is 0.500. The van der Waals surface area contributed by atoms with Crippen LogP contribution < -0.4 is 16.0 Å². The van der Waals surface area contributed by atoms with Crippen LogP contribution in [0.25, 0.3) is 0 Å². The standard InChI is InChI=1S/C20H24F3N3O2/c1-9-13(20(28)26-16-4-5-24-10(2)18(9)16)8-17(27)25-11(3)19-14(22)6-12(21)7-15(19)23/h6-7,10-11,16,18,24H,4-5,8H2,1-3H3,(H,25,27)(H,26,28)/t10?,11-,16?,18?/m0/s1. The molecule has 1 aromatic rings. The summed E-state index contributed by atoms with van der Waals surface area (Å²) in [6.45, 7) is 6.11. The van der Waals surface area contributed by atoms with E-state index in [2.05, 4.69) is 16.0 Å². The van der Waals surface area contributed by atoms with E-state index in [9.17, 15) is 22.8 Å². The number of piperidine rings is 1. The molecule has 2 aliphatic rings. The summed E-state index contributed by atoms with van der Waals surface area (Å²) < 4.78 is 40.9. The van der Waals surface area contributed by atoms with Gasteiger partial charge in [-0.25, -0.2) is 13.2 Å². The average Bonchev–Trinajstić information content (AvgIpc) is 2.57. The molecule has 5 nitrogen and oxygen atoms in total. The fourth-order valence-electron chi connectivity index (χ4n) is 4.31. The monoisotopic (exact) mass is 395 g/mol. The quantitative estimate of drug-likeness (QED) is 0.734. The van der Waals surface area contributed by atoms with Crippen molar-refractivity contribution < 1.29 is 22.8 Å². The number of fused-ring (bicyclic) bond motifs is 1. The topological polar surface area (TPSA) is 70.2 Å². The van der Waals surface area contributed by atoms with E-state index in [4.69, 9.17) is 0 Å². The summed E-state index contributed by atoms with van der Waals surface area (Å²) in [7, 11) is 0. The minimum atomic E-state index is -1.07. The van der Waals surface area contributed by atoms with Crippen LogP contribution in [0.15, 0.2) is 23.3 Å². The number of benzene rings is 1. The van der Waals surface area contributed by atoms with Gasteiger partial charge in [0.2, 0.25) is 11.8 Å². The molecule has 3 unspecified atom stereocenters. The molecule has 0 radical (unpaired) electrons. The van der Waals surface area contributed by atoms with Crippen molar-refractivity contribution in [3.63, 3.8) is 0 Å². The molecule has 3 rings (SSSR count). The van der Waals surface area contributed by atoms with Crippen LogP contribution in [0.5, 0.6) is 0 Å². The van der Waals surface area contributed by atoms with Gasteiger partial charge in [-0.3, -0.25) is 9.59 Å². The average molecular weight is 395 g/mol. The zero-order valence-electron chi connectivity index (χ0n) is 16.0. The molecule has 152 valence electrons. The van der Waals surface area contributed by atoms with Crippen molar-refractivity contribution in [1.29, 1.82) is 0 Å². The molecule has 1 aromatic carbocycles. The van der Waals surface area contributed by atoms with Gasteiger partial charge in [-0.1, -0.05) is 5.57 Å². The highest BCUT2D eigenvalue weighted by molar-refractivity contribution is 6.00. The molecule has 1 fully saturated rings. The first-order valence-corrected chi connectivity index (χ1v) is 9.36. The van der Waals surface area contributed by atoms with Crippen molar-refractivity contribution in [2.75, 3.05) is 6.54 Å². The van der Waals surface area contributed by atoms with Crippen LogP contribution in [-0.2, 0) is 9.59 Å². The minimum Gasteiger partial charge on any atom is -0.349 e. The molecule has 0 bridgehead atoms. The van der Waals surface area contributed by atoms with Crippen molar-refractivity contribution in [3.8, 4) is 0 Å². The van der Waals surface area contributed by atoms with Crippen LogP contribution in [0.3, 0.4) is 0 Å². The van der Waals surface area contributed by atoms with Crippen molar-refractivity contribution in [3.05, 3.63) is 46.3 Å². The summed E-state index contributed by atoms with van der Waals surface area (Å²) in [5, 5.41) is 8.83. The van der Waals surface area contributed by atoms with E-state index in [0.717, 1.165) is 18.5 Å². The Bertz CT molecular complexity index is 817. The largest absolute Gasteiger partial charge is 0.349 e. The molecular formula is C20H24F3N3O2. The maximum atomic E-state index is 13.9. The molecule has 4 atom stereocenters. The number of amides is 2. The molecule has 2 aliphatic heterocycles. The Morgan fingerprint density at radius 1 is 1.29 bits per heavy atom. The summed E-state index contributed by atoms with van der Waals surface area (Å²) in [5.41, 5.74) is 0.815. The van der Waals surface area contributed by atoms with E-state index in [1.54, 1.807) is 0 Å². The molecule has 1 saturated heterocycles. The van der Waals surface area contributed by atoms with Gasteiger partial charge in [0, 0.05) is 41.3 Å². The molecule has 0 spiro atoms. The lowest BCUT2D eigenvalue weighted by atomic mass is 9.76. The first-order valence-electron chi connectivity index (χ1n) is 9.36. The van der Waals surface area contributed by atoms with Crippen LogP contribution >= 0.6 is 0 Å². The van der Waals surface area contributed by atoms with Gasteiger partial charge in [0.1, 0.15) is 17.5 Å². The van der Waals surface area contributed by atoms with E-state index in [1.807, 2.05) is 13.8 Å². The van der Waals surface area contributed by atoms with Crippen LogP contribution in [0.2, 0.25) is 0 Å². The number of carbonyl (C=O) groups excluding carboxylic acids is 2. The second-order valence-corrected chi connectivity index (χ2v) is 7.55. The van der Waals surface area contributed by atoms with Crippen molar-refractivity contribution in [2.24, 2.45) is 5.92 Å². The Kier molecular flexibility index (Phi) is 5.79. The number of rotatable bonds is 4. The van der Waals surface area contributed by atoms with Crippen LogP contribution in [-0.4, -0.2) is 30.4 Å². The molecule has 3 N–H and O–H groups in total. The van der Waals surface area contributed by atoms with Crippen LogP contribution in [0.4, 0.5) is 13.2 Å². The van der Waals surface area contributed by atoms with Crippen LogP contribution in [0, 0.1) is 23.4 Å². The van der Waals surface area contributed by atoms with Gasteiger partial charge >= 0.3 is 0 Å². The van der Waals surface area contributed by atoms with Crippen molar-refractivity contribution in [1.82, 2.24) is 16.0 Å². The number of hydrogen-bond acceptors (Lipinski definition) is 3. The summed E-state index contributed by atoms with van der Waals surface area (Å²) in [6, 6.07) is 0.333. The highest BCUT2D eigenvalue weighted by Gasteiger charge is 2.39. The predicted molar refractivity (Wildman–Crippen MR) is 97.7 cm³/mol. The van der Waals surface area contributed by atoms with Gasteiger partial charge in [0.15, 0.2) is 0 Å². The minimum absolute atomic E-state index is 0.0388. The third-order valence-electron chi connectivity index (χ3n) is 5.65. The zero-order valence-corrected chi connectivity index (χ0v) is 16.0. The molecule has 0 aromatic heterocycles. The van der Waals surface area contributed by atoms with Gasteiger partial charge in [-0.2, -0.15) is 0 Å². The number of halogens is 3. The van der Waals surface area contributed by atoms with E-state index in [0.29, 0.717) is 17.7 Å². The molecule has 0 saturated carbocycles. The number of carbonyl (C=O) groups is 2. The Hall–Kier alpha value is -2.35. The number of nitrogens with one attached hydrogen (secondary N) is 3. The van der Waals surface area contributed by atoms with Gasteiger partial charge in [0.05, 0.1) is 12.5 Å². The molecular weight excluding hydrogens is 371 g/mol. The molecule has 28 heavy (non-hydrogen) atoms. The summed E-state index contributed by atoms with van der Waals surface area (Å²) in [6.07, 6.45) is 0.625. The van der Waals surface area contributed by atoms with Gasteiger partial charge in [-0.15, -0.1) is 0 Å². The lowest BCUT2D eigenvalue weighted by Crippen LogP contribution is -2.57. The zero-order chi connectivity index (χ0) is 20.6. The third-order valence-corrected chi connectivity index (χ3v) is 5.65. The van der Waals surface area contributed by atoms with E-state index < -0.39 is 35.0 Å². The SMILES string of the molecule is CC1=C(CC(=O)N[C@@H](C)c2c(F)cc(F)cc2F)C(=O)NC2CCNC(C)C12. The van der Waals surface area contributed by atoms with Gasteiger partial charge in [0.25, 0.3) is 0 Å². The molecule has 2 heterocycles. The Morgan fingerprint density at radius 2 is 1.93 bits per heavy atom. The normalized spacial score (nSPS) is 25.8. The molecule has 0 aliphatic carbocycles. The Balaban J connectivity index is 1.75. The Morgan fingerprint density at radius 3 is 2.57 bits per heavy atom. The molecule has 2 amide bonds. The first-order chi connectivity index (χ1) is 13.2. The smallest absolute Gasteiger partial charge is 0.247 e. The van der Waals surface area contributed by atoms with Crippen molar-refractivity contribution >= 4 is 11.8 Å². The van der Waals surface area contributed by atoms with E-state index in [-0.39, 0.29) is 30.3 Å². The second kappa shape index (κ2) is 7.95. The third kappa shape index (κ3) is 3.92. The van der Waals surface area contributed by atoms with E-state index in [1.165, 1.54) is 6.92 Å². The molecule has 8 heteroatoms. The first kappa shape index (κ1) is 20.4. The maximum Gasteiger partial charge on any atom is 0.247 e. The Labute approximate surface area is 161 Å². The summed E-state index contributed by atoms with van der Waals surface area (Å²) >= 11 is 0. The maximum absolute atomic E-state index is 13.9. The predicted octanol–water partition coefficient (Wildman–Crippen LogP) is 2.48. The van der Waals surface area contributed by atoms with Crippen LogP contribution in [0.1, 0.15) is 45.2 Å². The second-order valence-electron chi connectivity index (χ2n) is 7.55. The highest BCUT2D eigenvalue weighted by atomic mass is 19.1. The lowest BCUT2D eigenvalue weighted by molar-refractivity contribution is -0.124. The fourth-order valence-corrected chi connectivity index (χ4v) is 4.31. The number of hydrogen-bond donors (Lipinski definition) is 3.